The lowest BCUT2D eigenvalue weighted by molar-refractivity contribution is -0.140. The Morgan fingerprint density at radius 1 is 0.886 bits per heavy atom. The summed E-state index contributed by atoms with van der Waals surface area (Å²) in [5.74, 6) is -0.217. The van der Waals surface area contributed by atoms with Crippen LogP contribution in [0.25, 0.3) is 0 Å². The summed E-state index contributed by atoms with van der Waals surface area (Å²) < 4.78 is 24.3. The molecule has 1 heterocycles. The molecule has 1 N–H and O–H groups in total. The van der Waals surface area contributed by atoms with E-state index in [-0.39, 0.29) is 12.4 Å². The van der Waals surface area contributed by atoms with Crippen LogP contribution < -0.4 is 14.8 Å². The highest BCUT2D eigenvalue weighted by Crippen LogP contribution is 2.25. The van der Waals surface area contributed by atoms with E-state index in [2.05, 4.69) is 4.90 Å². The number of urea groups is 1. The Morgan fingerprint density at radius 3 is 2.11 bits per heavy atom. The van der Waals surface area contributed by atoms with Crippen molar-refractivity contribution in [3.05, 3.63) is 89.2 Å². The van der Waals surface area contributed by atoms with Gasteiger partial charge in [-0.15, -0.1) is 0 Å². The molecule has 0 atom stereocenters. The highest BCUT2D eigenvalue weighted by Gasteiger charge is 2.36. The molecule has 9 heteroatoms. The average Bonchev–Trinajstić information content (AvgIpc) is 3.08. The highest BCUT2D eigenvalue weighted by molar-refractivity contribution is 6.44. The van der Waals surface area contributed by atoms with E-state index < -0.39 is 17.8 Å². The van der Waals surface area contributed by atoms with Gasteiger partial charge in [0.15, 0.2) is 0 Å². The van der Waals surface area contributed by atoms with Crippen LogP contribution in [0.5, 0.6) is 17.2 Å². The molecule has 4 rings (SSSR count). The van der Waals surface area contributed by atoms with Crippen molar-refractivity contribution in [1.29, 1.82) is 0 Å². The average molecular weight is 477 g/mol. The number of carbonyl (C=O) groups is 3. The minimum absolute atomic E-state index is 0.00731. The smallest absolute Gasteiger partial charge is 0.331 e. The molecule has 0 radical (unpaired) electrons. The molecule has 1 aliphatic heterocycles. The summed E-state index contributed by atoms with van der Waals surface area (Å²) in [7, 11) is 3.54. The fraction of sp³-hybridized carbons (Fsp3) is 0.192. The molecule has 3 aromatic carbocycles. The molecule has 0 spiro atoms. The van der Waals surface area contributed by atoms with Crippen LogP contribution in [0.15, 0.2) is 66.7 Å². The third-order valence-corrected chi connectivity index (χ3v) is 5.46. The number of nitrogens with one attached hydrogen (secondary N) is 1. The van der Waals surface area contributed by atoms with Gasteiger partial charge in [-0.2, -0.15) is 0 Å². The Balaban J connectivity index is 1.39. The Kier molecular flexibility index (Phi) is 7.07. The number of methoxy groups -OCH3 is 1. The molecule has 8 nitrogen and oxygen atoms in total. The second-order valence-electron chi connectivity index (χ2n) is 8.17. The van der Waals surface area contributed by atoms with Gasteiger partial charge in [-0.1, -0.05) is 18.2 Å². The quantitative estimate of drug-likeness (QED) is 0.372. The van der Waals surface area contributed by atoms with Crippen molar-refractivity contribution in [2.45, 2.75) is 19.6 Å². The summed E-state index contributed by atoms with van der Waals surface area (Å²) in [5.41, 5.74) is 2.64. The maximum atomic E-state index is 13.0. The van der Waals surface area contributed by atoms with Crippen LogP contribution in [0.1, 0.15) is 16.7 Å². The third kappa shape index (κ3) is 5.82. The second-order valence-corrected chi connectivity index (χ2v) is 8.17. The molecule has 4 amide bonds. The summed E-state index contributed by atoms with van der Waals surface area (Å²) in [5, 5.41) is 1.99. The van der Waals surface area contributed by atoms with Gasteiger partial charge in [-0.3, -0.25) is 24.7 Å². The number of carbonyl (C=O) groups excluding carboxylic acids is 3. The van der Waals surface area contributed by atoms with Gasteiger partial charge in [0, 0.05) is 18.7 Å². The topological polar surface area (TPSA) is 88.2 Å². The summed E-state index contributed by atoms with van der Waals surface area (Å²) in [6.45, 7) is 1.18. The first-order chi connectivity index (χ1) is 16.8. The second kappa shape index (κ2) is 10.4. The first-order valence-electron chi connectivity index (χ1n) is 10.9. The maximum Gasteiger partial charge on any atom is 0.331 e. The predicted molar refractivity (Wildman–Crippen MR) is 125 cm³/mol. The van der Waals surface area contributed by atoms with Gasteiger partial charge >= 0.3 is 17.8 Å². The molecular weight excluding hydrogens is 453 g/mol. The molecule has 180 valence electrons. The molecule has 0 aliphatic carbocycles. The Labute approximate surface area is 201 Å². The summed E-state index contributed by atoms with van der Waals surface area (Å²) in [4.78, 5) is 38.1. The van der Waals surface area contributed by atoms with Gasteiger partial charge < -0.3 is 9.47 Å². The van der Waals surface area contributed by atoms with Gasteiger partial charge in [-0.05, 0) is 66.7 Å². The lowest BCUT2D eigenvalue weighted by Gasteiger charge is -2.20. The number of hydrogen-bond acceptors (Lipinski definition) is 6. The van der Waals surface area contributed by atoms with Gasteiger partial charge in [0.1, 0.15) is 23.1 Å². The van der Waals surface area contributed by atoms with Crippen molar-refractivity contribution in [3.8, 4) is 17.2 Å². The zero-order valence-electron chi connectivity index (χ0n) is 19.3. The molecule has 0 bridgehead atoms. The van der Waals surface area contributed by atoms with E-state index >= 15 is 0 Å². The Bertz CT molecular complexity index is 1240. The molecule has 3 aromatic rings. The van der Waals surface area contributed by atoms with Crippen LogP contribution in [0.2, 0.25) is 0 Å². The van der Waals surface area contributed by atoms with Gasteiger partial charge in [0.2, 0.25) is 0 Å². The number of hydrogen-bond donors (Lipinski definition) is 1. The van der Waals surface area contributed by atoms with E-state index in [1.54, 1.807) is 31.4 Å². The van der Waals surface area contributed by atoms with E-state index in [0.29, 0.717) is 35.9 Å². The summed E-state index contributed by atoms with van der Waals surface area (Å²) in [6.07, 6.45) is 0. The van der Waals surface area contributed by atoms with Crippen molar-refractivity contribution in [2.75, 3.05) is 14.2 Å². The molecule has 1 aliphatic rings. The lowest BCUT2D eigenvalue weighted by atomic mass is 10.1. The van der Waals surface area contributed by atoms with Crippen molar-refractivity contribution < 1.29 is 28.2 Å². The van der Waals surface area contributed by atoms with Gasteiger partial charge in [0.05, 0.1) is 13.7 Å². The van der Waals surface area contributed by atoms with Crippen LogP contribution in [0.4, 0.5) is 9.18 Å². The van der Waals surface area contributed by atoms with E-state index in [1.165, 1.54) is 12.1 Å². The Hall–Kier alpha value is -4.24. The summed E-state index contributed by atoms with van der Waals surface area (Å²) in [6, 6.07) is 18.1. The lowest BCUT2D eigenvalue weighted by Crippen LogP contribution is -2.30. The van der Waals surface area contributed by atoms with E-state index in [0.717, 1.165) is 16.0 Å². The molecule has 35 heavy (non-hydrogen) atoms. The number of rotatable bonds is 9. The van der Waals surface area contributed by atoms with Gasteiger partial charge in [-0.25, -0.2) is 9.18 Å². The van der Waals surface area contributed by atoms with Crippen molar-refractivity contribution in [2.24, 2.45) is 0 Å². The number of imide groups is 2. The fourth-order valence-corrected chi connectivity index (χ4v) is 3.77. The van der Waals surface area contributed by atoms with Crippen molar-refractivity contribution in [3.63, 3.8) is 0 Å². The zero-order valence-corrected chi connectivity index (χ0v) is 19.3. The van der Waals surface area contributed by atoms with Crippen molar-refractivity contribution in [1.82, 2.24) is 15.1 Å². The maximum absolute atomic E-state index is 13.0. The zero-order chi connectivity index (χ0) is 24.9. The number of amides is 4. The molecule has 0 saturated carbocycles. The van der Waals surface area contributed by atoms with Crippen LogP contribution in [-0.2, 0) is 29.2 Å². The molecule has 0 aromatic heterocycles. The van der Waals surface area contributed by atoms with E-state index in [9.17, 15) is 18.8 Å². The fourth-order valence-electron chi connectivity index (χ4n) is 3.77. The monoisotopic (exact) mass is 477 g/mol. The third-order valence-electron chi connectivity index (χ3n) is 5.46. The number of benzene rings is 3. The normalized spacial score (nSPS) is 13.4. The molecule has 1 fully saturated rings. The molecule has 0 unspecified atom stereocenters. The minimum atomic E-state index is -0.919. The Morgan fingerprint density at radius 2 is 1.51 bits per heavy atom. The number of ether oxygens (including phenoxy) is 2. The molecule has 1 saturated heterocycles. The largest absolute Gasteiger partial charge is 0.496 e. The standard InChI is InChI=1S/C26H24FN3O5/c1-29(14-17-3-8-21(9-4-17)35-22-10-6-20(27)7-11-22)16-19-13-18(5-12-23(19)34-2)15-30-25(32)24(31)28-26(30)33/h3-13H,14-16H2,1-2H3,(H,28,31,33). The minimum Gasteiger partial charge on any atom is -0.496 e. The number of nitrogens with zero attached hydrogens (tertiary/aromatic N) is 2. The van der Waals surface area contributed by atoms with Gasteiger partial charge in [0.25, 0.3) is 0 Å². The number of halogens is 1. The van der Waals surface area contributed by atoms with Crippen molar-refractivity contribution >= 4 is 17.8 Å². The first kappa shape index (κ1) is 23.9. The van der Waals surface area contributed by atoms with Crippen LogP contribution in [-0.4, -0.2) is 41.8 Å². The SMILES string of the molecule is COc1ccc(CN2C(=O)NC(=O)C2=O)cc1CN(C)Cc1ccc(Oc2ccc(F)cc2)cc1. The molecular formula is C26H24FN3O5. The highest BCUT2D eigenvalue weighted by atomic mass is 19.1. The van der Waals surface area contributed by atoms with E-state index in [4.69, 9.17) is 9.47 Å². The van der Waals surface area contributed by atoms with Crippen LogP contribution in [0, 0.1) is 5.82 Å². The van der Waals surface area contributed by atoms with E-state index in [1.807, 2.05) is 42.7 Å². The van der Waals surface area contributed by atoms with Crippen LogP contribution in [0.3, 0.4) is 0 Å². The van der Waals surface area contributed by atoms with Crippen LogP contribution >= 0.6 is 0 Å². The first-order valence-corrected chi connectivity index (χ1v) is 10.9. The predicted octanol–water partition coefficient (Wildman–Crippen LogP) is 3.84. The summed E-state index contributed by atoms with van der Waals surface area (Å²) >= 11 is 0.